The van der Waals surface area contributed by atoms with E-state index >= 15 is 0 Å². The van der Waals surface area contributed by atoms with E-state index in [0.717, 1.165) is 16.0 Å². The number of anilines is 3. The van der Waals surface area contributed by atoms with Gasteiger partial charge < -0.3 is 10.6 Å². The Balaban J connectivity index is 2.41. The number of nitrogens with two attached hydrogens (primary N) is 1. The maximum Gasteiger partial charge on any atom is 0.222 e. The number of hydrogen-bond acceptors (Lipinski definition) is 4. The van der Waals surface area contributed by atoms with Crippen LogP contribution in [0.25, 0.3) is 0 Å². The van der Waals surface area contributed by atoms with Gasteiger partial charge in [-0.1, -0.05) is 18.2 Å². The molecule has 5 heteroatoms. The summed E-state index contributed by atoms with van der Waals surface area (Å²) in [6, 6.07) is 9.94. The van der Waals surface area contributed by atoms with Crippen molar-refractivity contribution in [1.82, 2.24) is 9.97 Å². The number of nitrogens with zero attached hydrogens (tertiary/aromatic N) is 3. The minimum atomic E-state index is 0.265. The molecule has 2 N–H and O–H groups in total. The number of para-hydroxylation sites is 1. The molecule has 1 aromatic heterocycles. The lowest BCUT2D eigenvalue weighted by Gasteiger charge is -2.19. The Morgan fingerprint density at radius 2 is 1.94 bits per heavy atom. The molecule has 0 fully saturated rings. The SMILES string of the molecule is CN(c1ccccc1)c1nc(N)ncc1Br. The van der Waals surface area contributed by atoms with Crippen LogP contribution in [0.3, 0.4) is 0 Å². The van der Waals surface area contributed by atoms with Gasteiger partial charge in [-0.05, 0) is 28.1 Å². The van der Waals surface area contributed by atoms with Gasteiger partial charge in [-0.25, -0.2) is 4.98 Å². The molecule has 0 spiro atoms. The van der Waals surface area contributed by atoms with Crippen LogP contribution in [0.1, 0.15) is 0 Å². The van der Waals surface area contributed by atoms with E-state index in [1.807, 2.05) is 42.3 Å². The molecule has 1 heterocycles. The molecule has 0 amide bonds. The van der Waals surface area contributed by atoms with Crippen molar-refractivity contribution in [1.29, 1.82) is 0 Å². The Labute approximate surface area is 102 Å². The van der Waals surface area contributed by atoms with Crippen LogP contribution in [0.15, 0.2) is 41.0 Å². The van der Waals surface area contributed by atoms with Crippen LogP contribution in [0.2, 0.25) is 0 Å². The number of benzene rings is 1. The first-order valence-electron chi connectivity index (χ1n) is 4.75. The molecular formula is C11H11BrN4. The molecule has 0 aliphatic carbocycles. The molecule has 0 atom stereocenters. The van der Waals surface area contributed by atoms with Gasteiger partial charge in [0.25, 0.3) is 0 Å². The normalized spacial score (nSPS) is 10.1. The fourth-order valence-electron chi connectivity index (χ4n) is 1.38. The first-order chi connectivity index (χ1) is 7.68. The third-order valence-corrected chi connectivity index (χ3v) is 2.76. The second-order valence-corrected chi connectivity index (χ2v) is 4.15. The third-order valence-electron chi connectivity index (χ3n) is 2.21. The standard InChI is InChI=1S/C11H11BrN4/c1-16(8-5-3-2-4-6-8)10-9(12)7-14-11(13)15-10/h2-7H,1H3,(H2,13,14,15). The highest BCUT2D eigenvalue weighted by Gasteiger charge is 2.10. The van der Waals surface area contributed by atoms with Crippen LogP contribution in [-0.4, -0.2) is 17.0 Å². The maximum absolute atomic E-state index is 5.57. The Bertz CT molecular complexity index is 487. The van der Waals surface area contributed by atoms with Crippen molar-refractivity contribution in [3.63, 3.8) is 0 Å². The number of nitrogen functional groups attached to an aromatic ring is 1. The van der Waals surface area contributed by atoms with Crippen molar-refractivity contribution in [2.75, 3.05) is 17.7 Å². The van der Waals surface area contributed by atoms with Crippen LogP contribution in [0.4, 0.5) is 17.5 Å². The van der Waals surface area contributed by atoms with E-state index in [0.29, 0.717) is 0 Å². The molecule has 4 nitrogen and oxygen atoms in total. The summed E-state index contributed by atoms with van der Waals surface area (Å²) in [5.41, 5.74) is 6.62. The van der Waals surface area contributed by atoms with Crippen molar-refractivity contribution in [3.8, 4) is 0 Å². The van der Waals surface area contributed by atoms with Crippen molar-refractivity contribution < 1.29 is 0 Å². The summed E-state index contributed by atoms with van der Waals surface area (Å²) in [5, 5.41) is 0. The number of rotatable bonds is 2. The van der Waals surface area contributed by atoms with Gasteiger partial charge in [-0.3, -0.25) is 0 Å². The van der Waals surface area contributed by atoms with E-state index in [-0.39, 0.29) is 5.95 Å². The molecule has 16 heavy (non-hydrogen) atoms. The van der Waals surface area contributed by atoms with Gasteiger partial charge in [0.15, 0.2) is 5.82 Å². The average Bonchev–Trinajstić information content (AvgIpc) is 2.32. The van der Waals surface area contributed by atoms with Crippen LogP contribution < -0.4 is 10.6 Å². The Morgan fingerprint density at radius 1 is 1.25 bits per heavy atom. The molecule has 2 aromatic rings. The van der Waals surface area contributed by atoms with E-state index in [4.69, 9.17) is 5.73 Å². The van der Waals surface area contributed by atoms with E-state index in [2.05, 4.69) is 25.9 Å². The summed E-state index contributed by atoms with van der Waals surface area (Å²) in [4.78, 5) is 10.0. The zero-order valence-electron chi connectivity index (χ0n) is 8.76. The maximum atomic E-state index is 5.57. The number of hydrogen-bond donors (Lipinski definition) is 1. The molecule has 0 aliphatic rings. The van der Waals surface area contributed by atoms with E-state index in [9.17, 15) is 0 Å². The second kappa shape index (κ2) is 4.49. The predicted molar refractivity (Wildman–Crippen MR) is 68.6 cm³/mol. The largest absolute Gasteiger partial charge is 0.368 e. The van der Waals surface area contributed by atoms with Crippen molar-refractivity contribution in [2.24, 2.45) is 0 Å². The van der Waals surface area contributed by atoms with Crippen LogP contribution >= 0.6 is 15.9 Å². The Morgan fingerprint density at radius 3 is 2.62 bits per heavy atom. The zero-order valence-corrected chi connectivity index (χ0v) is 10.3. The molecule has 0 saturated heterocycles. The van der Waals surface area contributed by atoms with Gasteiger partial charge in [0, 0.05) is 18.9 Å². The Kier molecular flexibility index (Phi) is 3.05. The van der Waals surface area contributed by atoms with Crippen molar-refractivity contribution in [2.45, 2.75) is 0 Å². The zero-order chi connectivity index (χ0) is 11.5. The lowest BCUT2D eigenvalue weighted by Crippen LogP contribution is -2.13. The highest BCUT2D eigenvalue weighted by molar-refractivity contribution is 9.10. The molecule has 0 unspecified atom stereocenters. The van der Waals surface area contributed by atoms with Gasteiger partial charge in [0.05, 0.1) is 4.47 Å². The lowest BCUT2D eigenvalue weighted by molar-refractivity contribution is 1.08. The Hall–Kier alpha value is -1.62. The molecule has 0 radical (unpaired) electrons. The summed E-state index contributed by atoms with van der Waals surface area (Å²) in [7, 11) is 1.93. The highest BCUT2D eigenvalue weighted by atomic mass is 79.9. The molecule has 0 saturated carbocycles. The topological polar surface area (TPSA) is 55.0 Å². The first kappa shape index (κ1) is 10.9. The lowest BCUT2D eigenvalue weighted by atomic mass is 10.3. The molecule has 1 aromatic carbocycles. The van der Waals surface area contributed by atoms with Crippen molar-refractivity contribution in [3.05, 3.63) is 41.0 Å². The summed E-state index contributed by atoms with van der Waals surface area (Å²) in [5.74, 6) is 1.01. The van der Waals surface area contributed by atoms with Crippen LogP contribution in [0.5, 0.6) is 0 Å². The predicted octanol–water partition coefficient (Wildman–Crippen LogP) is 2.59. The van der Waals surface area contributed by atoms with Gasteiger partial charge in [-0.15, -0.1) is 0 Å². The van der Waals surface area contributed by atoms with Crippen LogP contribution in [0, 0.1) is 0 Å². The summed E-state index contributed by atoms with van der Waals surface area (Å²) >= 11 is 3.41. The average molecular weight is 279 g/mol. The molecule has 82 valence electrons. The quantitative estimate of drug-likeness (QED) is 0.918. The molecule has 0 bridgehead atoms. The minimum Gasteiger partial charge on any atom is -0.368 e. The highest BCUT2D eigenvalue weighted by Crippen LogP contribution is 2.28. The summed E-state index contributed by atoms with van der Waals surface area (Å²) in [6.07, 6.45) is 1.65. The summed E-state index contributed by atoms with van der Waals surface area (Å²) in [6.45, 7) is 0. The first-order valence-corrected chi connectivity index (χ1v) is 5.54. The van der Waals surface area contributed by atoms with E-state index in [1.165, 1.54) is 0 Å². The summed E-state index contributed by atoms with van der Waals surface area (Å²) < 4.78 is 0.813. The fourth-order valence-corrected chi connectivity index (χ4v) is 1.84. The molecular weight excluding hydrogens is 268 g/mol. The van der Waals surface area contributed by atoms with Gasteiger partial charge in [0.2, 0.25) is 5.95 Å². The van der Waals surface area contributed by atoms with Crippen LogP contribution in [-0.2, 0) is 0 Å². The smallest absolute Gasteiger partial charge is 0.222 e. The van der Waals surface area contributed by atoms with Gasteiger partial charge in [-0.2, -0.15) is 4.98 Å². The van der Waals surface area contributed by atoms with Gasteiger partial charge in [0.1, 0.15) is 0 Å². The molecule has 2 rings (SSSR count). The number of halogens is 1. The monoisotopic (exact) mass is 278 g/mol. The fraction of sp³-hybridized carbons (Fsp3) is 0.0909. The van der Waals surface area contributed by atoms with E-state index < -0.39 is 0 Å². The van der Waals surface area contributed by atoms with Crippen molar-refractivity contribution >= 4 is 33.4 Å². The second-order valence-electron chi connectivity index (χ2n) is 3.29. The number of aromatic nitrogens is 2. The molecule has 0 aliphatic heterocycles. The van der Waals surface area contributed by atoms with E-state index in [1.54, 1.807) is 6.20 Å². The minimum absolute atomic E-state index is 0.265. The van der Waals surface area contributed by atoms with Gasteiger partial charge >= 0.3 is 0 Å². The third kappa shape index (κ3) is 2.14.